The van der Waals surface area contributed by atoms with Gasteiger partial charge >= 0.3 is 0 Å². The first-order valence-electron chi connectivity index (χ1n) is 5.71. The molecule has 1 saturated carbocycles. The molecule has 1 unspecified atom stereocenters. The van der Waals surface area contributed by atoms with Crippen LogP contribution in [0, 0.1) is 5.41 Å². The molecule has 0 spiro atoms. The smallest absolute Gasteiger partial charge is 0.256 e. The second-order valence-electron chi connectivity index (χ2n) is 4.90. The number of nitrogens with one attached hydrogen (secondary N) is 1. The summed E-state index contributed by atoms with van der Waals surface area (Å²) >= 11 is 0. The average Bonchev–Trinajstić information content (AvgIpc) is 2.68. The molecular formula is C13H14F2N2. The minimum absolute atomic E-state index is 0.0412. The third kappa shape index (κ3) is 1.47. The molecule has 2 aromatic rings. The molecule has 1 fully saturated rings. The summed E-state index contributed by atoms with van der Waals surface area (Å²) in [7, 11) is 0. The third-order valence-corrected chi connectivity index (χ3v) is 3.81. The van der Waals surface area contributed by atoms with Gasteiger partial charge in [0.05, 0.1) is 5.41 Å². The molecule has 0 amide bonds. The van der Waals surface area contributed by atoms with Gasteiger partial charge in [0.1, 0.15) is 0 Å². The molecule has 2 nitrogen and oxygen atoms in total. The molecule has 0 saturated heterocycles. The van der Waals surface area contributed by atoms with E-state index in [2.05, 4.69) is 4.98 Å². The Morgan fingerprint density at radius 1 is 1.29 bits per heavy atom. The van der Waals surface area contributed by atoms with Crippen molar-refractivity contribution in [3.63, 3.8) is 0 Å². The first-order chi connectivity index (χ1) is 8.08. The number of para-hydroxylation sites is 1. The number of benzene rings is 1. The highest BCUT2D eigenvalue weighted by molar-refractivity contribution is 5.83. The van der Waals surface area contributed by atoms with E-state index in [-0.39, 0.29) is 13.0 Å². The Balaban J connectivity index is 1.96. The zero-order valence-electron chi connectivity index (χ0n) is 9.34. The summed E-state index contributed by atoms with van der Waals surface area (Å²) in [6, 6.07) is 7.73. The molecule has 3 rings (SSSR count). The molecule has 1 atom stereocenters. The van der Waals surface area contributed by atoms with E-state index in [1.54, 1.807) is 0 Å². The predicted octanol–water partition coefficient (Wildman–Crippen LogP) is 2.69. The van der Waals surface area contributed by atoms with E-state index in [4.69, 9.17) is 5.73 Å². The lowest BCUT2D eigenvalue weighted by molar-refractivity contribution is 0.0667. The fourth-order valence-corrected chi connectivity index (χ4v) is 2.51. The number of fused-ring (bicyclic) bond motifs is 1. The van der Waals surface area contributed by atoms with Crippen molar-refractivity contribution in [1.82, 2.24) is 4.98 Å². The number of alkyl halides is 2. The molecule has 1 aromatic heterocycles. The number of halogens is 2. The summed E-state index contributed by atoms with van der Waals surface area (Å²) in [5.74, 6) is -2.60. The minimum Gasteiger partial charge on any atom is -0.361 e. The van der Waals surface area contributed by atoms with Gasteiger partial charge in [0.25, 0.3) is 5.92 Å². The van der Waals surface area contributed by atoms with Gasteiger partial charge in [-0.2, -0.15) is 0 Å². The zero-order valence-corrected chi connectivity index (χ0v) is 9.34. The Labute approximate surface area is 97.8 Å². The van der Waals surface area contributed by atoms with Crippen LogP contribution in [0.5, 0.6) is 0 Å². The van der Waals surface area contributed by atoms with Crippen LogP contribution in [0.3, 0.4) is 0 Å². The van der Waals surface area contributed by atoms with Crippen LogP contribution in [-0.4, -0.2) is 17.5 Å². The highest BCUT2D eigenvalue weighted by Crippen LogP contribution is 2.61. The molecule has 0 radical (unpaired) electrons. The van der Waals surface area contributed by atoms with Gasteiger partial charge in [-0.25, -0.2) is 8.78 Å². The summed E-state index contributed by atoms with van der Waals surface area (Å²) in [6.07, 6.45) is 2.08. The van der Waals surface area contributed by atoms with E-state index >= 15 is 0 Å². The summed E-state index contributed by atoms with van der Waals surface area (Å²) in [5, 5.41) is 1.02. The van der Waals surface area contributed by atoms with Gasteiger partial charge in [0.2, 0.25) is 0 Å². The number of hydrogen-bond acceptors (Lipinski definition) is 1. The van der Waals surface area contributed by atoms with E-state index in [0.29, 0.717) is 6.42 Å². The van der Waals surface area contributed by atoms with Crippen LogP contribution in [-0.2, 0) is 6.42 Å². The molecule has 0 bridgehead atoms. The van der Waals surface area contributed by atoms with Crippen molar-refractivity contribution in [3.05, 3.63) is 36.0 Å². The molecule has 17 heavy (non-hydrogen) atoms. The van der Waals surface area contributed by atoms with Crippen molar-refractivity contribution in [1.29, 1.82) is 0 Å². The predicted molar refractivity (Wildman–Crippen MR) is 63.1 cm³/mol. The summed E-state index contributed by atoms with van der Waals surface area (Å²) < 4.78 is 26.7. The topological polar surface area (TPSA) is 41.8 Å². The lowest BCUT2D eigenvalue weighted by Gasteiger charge is -2.12. The highest BCUT2D eigenvalue weighted by Gasteiger charge is 2.69. The third-order valence-electron chi connectivity index (χ3n) is 3.81. The molecule has 1 heterocycles. The molecule has 4 heteroatoms. The fourth-order valence-electron chi connectivity index (χ4n) is 2.51. The van der Waals surface area contributed by atoms with Crippen molar-refractivity contribution in [2.45, 2.75) is 18.8 Å². The Hall–Kier alpha value is -1.42. The Bertz CT molecular complexity index is 561. The van der Waals surface area contributed by atoms with Crippen LogP contribution in [0.1, 0.15) is 12.0 Å². The van der Waals surface area contributed by atoms with Crippen LogP contribution in [0.2, 0.25) is 0 Å². The lowest BCUT2D eigenvalue weighted by Crippen LogP contribution is -2.24. The van der Waals surface area contributed by atoms with Crippen LogP contribution < -0.4 is 5.73 Å². The Kier molecular flexibility index (Phi) is 2.08. The molecule has 3 N–H and O–H groups in total. The summed E-state index contributed by atoms with van der Waals surface area (Å²) in [4.78, 5) is 3.10. The second kappa shape index (κ2) is 3.29. The first kappa shape index (κ1) is 10.7. The van der Waals surface area contributed by atoms with Crippen molar-refractivity contribution in [3.8, 4) is 0 Å². The number of H-pyrrole nitrogens is 1. The lowest BCUT2D eigenvalue weighted by atomic mass is 9.95. The van der Waals surface area contributed by atoms with Gasteiger partial charge < -0.3 is 10.7 Å². The van der Waals surface area contributed by atoms with Crippen molar-refractivity contribution >= 4 is 10.9 Å². The van der Waals surface area contributed by atoms with Gasteiger partial charge in [-0.3, -0.25) is 0 Å². The van der Waals surface area contributed by atoms with Crippen molar-refractivity contribution in [2.75, 3.05) is 6.54 Å². The van der Waals surface area contributed by atoms with Gasteiger partial charge in [-0.15, -0.1) is 0 Å². The zero-order chi connectivity index (χ0) is 12.1. The SMILES string of the molecule is NCC1(Cc2c[nH]c3ccccc23)CC1(F)F. The van der Waals surface area contributed by atoms with Crippen LogP contribution in [0.4, 0.5) is 8.78 Å². The number of rotatable bonds is 3. The first-order valence-corrected chi connectivity index (χ1v) is 5.71. The van der Waals surface area contributed by atoms with Crippen molar-refractivity contribution < 1.29 is 8.78 Å². The van der Waals surface area contributed by atoms with Gasteiger partial charge in [0, 0.05) is 30.1 Å². The summed E-state index contributed by atoms with van der Waals surface area (Å²) in [6.45, 7) is 0.0412. The Morgan fingerprint density at radius 2 is 2.00 bits per heavy atom. The number of nitrogens with two attached hydrogens (primary N) is 1. The fraction of sp³-hybridized carbons (Fsp3) is 0.385. The normalized spacial score (nSPS) is 26.3. The molecular weight excluding hydrogens is 222 g/mol. The molecule has 1 aliphatic rings. The molecule has 0 aliphatic heterocycles. The monoisotopic (exact) mass is 236 g/mol. The quantitative estimate of drug-likeness (QED) is 0.845. The average molecular weight is 236 g/mol. The van der Waals surface area contributed by atoms with Gasteiger partial charge in [-0.1, -0.05) is 18.2 Å². The number of aromatic nitrogens is 1. The molecule has 1 aromatic carbocycles. The molecule has 90 valence electrons. The number of hydrogen-bond donors (Lipinski definition) is 2. The summed E-state index contributed by atoms with van der Waals surface area (Å²) in [5.41, 5.74) is 6.42. The van der Waals surface area contributed by atoms with E-state index in [1.807, 2.05) is 30.5 Å². The molecule has 1 aliphatic carbocycles. The minimum atomic E-state index is -2.60. The maximum Gasteiger partial charge on any atom is 0.256 e. The maximum absolute atomic E-state index is 13.4. The maximum atomic E-state index is 13.4. The standard InChI is InChI=1S/C13H14F2N2/c14-13(15)7-12(13,8-16)5-9-6-17-11-4-2-1-3-10(9)11/h1-4,6,17H,5,7-8,16H2. The largest absolute Gasteiger partial charge is 0.361 e. The van der Waals surface area contributed by atoms with Gasteiger partial charge in [0.15, 0.2) is 0 Å². The van der Waals surface area contributed by atoms with E-state index in [9.17, 15) is 8.78 Å². The van der Waals surface area contributed by atoms with Crippen LogP contribution >= 0.6 is 0 Å². The Morgan fingerprint density at radius 3 is 2.65 bits per heavy atom. The van der Waals surface area contributed by atoms with Gasteiger partial charge in [-0.05, 0) is 18.1 Å². The van der Waals surface area contributed by atoms with E-state index in [1.165, 1.54) is 0 Å². The second-order valence-corrected chi connectivity index (χ2v) is 4.90. The van der Waals surface area contributed by atoms with Crippen molar-refractivity contribution in [2.24, 2.45) is 11.1 Å². The highest BCUT2D eigenvalue weighted by atomic mass is 19.3. The van der Waals surface area contributed by atoms with E-state index < -0.39 is 11.3 Å². The van der Waals surface area contributed by atoms with Crippen LogP contribution in [0.15, 0.2) is 30.5 Å². The van der Waals surface area contributed by atoms with Crippen LogP contribution in [0.25, 0.3) is 10.9 Å². The number of aromatic amines is 1. The van der Waals surface area contributed by atoms with E-state index in [0.717, 1.165) is 16.5 Å².